The lowest BCUT2D eigenvalue weighted by Gasteiger charge is -2.33. The highest BCUT2D eigenvalue weighted by molar-refractivity contribution is 7.89. The van der Waals surface area contributed by atoms with E-state index in [1.54, 1.807) is 0 Å². The molecule has 3 rings (SSSR count). The quantitative estimate of drug-likeness (QED) is 0.473. The minimum Gasteiger partial charge on any atom is -0.407 e. The highest BCUT2D eigenvalue weighted by Crippen LogP contribution is 2.28. The Bertz CT molecular complexity index is 1110. The number of benzene rings is 1. The molecule has 1 aliphatic heterocycles. The van der Waals surface area contributed by atoms with E-state index in [0.29, 0.717) is 13.1 Å². The largest absolute Gasteiger partial charge is 0.407 e. The smallest absolute Gasteiger partial charge is 0.295 e. The molecule has 11 heteroatoms. The van der Waals surface area contributed by atoms with Crippen LogP contribution in [0.3, 0.4) is 0 Å². The fourth-order valence-electron chi connectivity index (χ4n) is 3.51. The second kappa shape index (κ2) is 9.25. The van der Waals surface area contributed by atoms with Gasteiger partial charge in [0, 0.05) is 24.0 Å². The number of amides is 1. The van der Waals surface area contributed by atoms with Gasteiger partial charge in [-0.3, -0.25) is 20.9 Å². The number of halogens is 1. The number of nitrogens with one attached hydrogen (secondary N) is 3. The Hall–Kier alpha value is -2.63. The molecule has 0 bridgehead atoms. The third kappa shape index (κ3) is 5.54. The van der Waals surface area contributed by atoms with Gasteiger partial charge in [0.1, 0.15) is 5.82 Å². The monoisotopic (exact) mass is 466 g/mol. The number of thiophene rings is 1. The van der Waals surface area contributed by atoms with E-state index in [4.69, 9.17) is 15.6 Å². The van der Waals surface area contributed by atoms with Gasteiger partial charge in [-0.05, 0) is 42.5 Å². The van der Waals surface area contributed by atoms with Gasteiger partial charge in [0.25, 0.3) is 11.9 Å². The van der Waals surface area contributed by atoms with Crippen molar-refractivity contribution in [2.75, 3.05) is 13.1 Å². The molecule has 166 valence electrons. The van der Waals surface area contributed by atoms with Crippen molar-refractivity contribution in [3.05, 3.63) is 52.0 Å². The van der Waals surface area contributed by atoms with Gasteiger partial charge in [-0.2, -0.15) is 4.31 Å². The molecule has 0 aliphatic carbocycles. The standard InChI is InChI=1S/C20H23FN4O4S2/c1-12-6-13(2)10-25(9-12)31(27,28)16-8-17(30-11-16)19(26)24-20(23)29-18(22)14-4-3-5-15(21)7-14/h3-5,7-8,11-13,22H,6,9-10H2,1-2H3,(H2,23,24,26)/t12-,13+. The predicted molar refractivity (Wildman–Crippen MR) is 116 cm³/mol. The number of ether oxygens (including phenoxy) is 1. The molecule has 1 aromatic heterocycles. The minimum atomic E-state index is -3.72. The molecule has 1 aromatic carbocycles. The summed E-state index contributed by atoms with van der Waals surface area (Å²) in [7, 11) is -3.72. The van der Waals surface area contributed by atoms with Crippen molar-refractivity contribution in [3.8, 4) is 0 Å². The molecule has 8 nitrogen and oxygen atoms in total. The number of hydrogen-bond acceptors (Lipinski definition) is 7. The van der Waals surface area contributed by atoms with Crippen LogP contribution in [0.25, 0.3) is 0 Å². The van der Waals surface area contributed by atoms with Crippen molar-refractivity contribution in [1.82, 2.24) is 9.62 Å². The molecule has 1 aliphatic rings. The third-order valence-corrected chi connectivity index (χ3v) is 7.68. The molecule has 3 N–H and O–H groups in total. The second-order valence-corrected chi connectivity index (χ2v) is 10.5. The van der Waals surface area contributed by atoms with Crippen molar-refractivity contribution in [2.45, 2.75) is 25.2 Å². The summed E-state index contributed by atoms with van der Waals surface area (Å²) in [5, 5.41) is 19.1. The van der Waals surface area contributed by atoms with Crippen LogP contribution < -0.4 is 5.32 Å². The number of rotatable bonds is 4. The van der Waals surface area contributed by atoms with Crippen molar-refractivity contribution >= 4 is 39.2 Å². The first-order valence-corrected chi connectivity index (χ1v) is 11.9. The Kier molecular flexibility index (Phi) is 6.87. The zero-order chi connectivity index (χ0) is 22.8. The summed E-state index contributed by atoms with van der Waals surface area (Å²) >= 11 is 0.936. The Morgan fingerprint density at radius 2 is 1.90 bits per heavy atom. The maximum absolute atomic E-state index is 13.2. The third-order valence-electron chi connectivity index (χ3n) is 4.79. The topological polar surface area (TPSA) is 123 Å². The van der Waals surface area contributed by atoms with Crippen molar-refractivity contribution < 1.29 is 22.3 Å². The lowest BCUT2D eigenvalue weighted by atomic mass is 9.94. The number of sulfonamides is 1. The fraction of sp³-hybridized carbons (Fsp3) is 0.350. The van der Waals surface area contributed by atoms with E-state index in [1.165, 1.54) is 34.0 Å². The molecule has 2 aromatic rings. The molecule has 31 heavy (non-hydrogen) atoms. The van der Waals surface area contributed by atoms with Gasteiger partial charge >= 0.3 is 0 Å². The SMILES string of the molecule is C[C@@H]1C[C@H](C)CN(S(=O)(=O)c2csc(C(=O)NC(=N)OC(=N)c3cccc(F)c3)c2)C1. The van der Waals surface area contributed by atoms with E-state index < -0.39 is 33.7 Å². The summed E-state index contributed by atoms with van der Waals surface area (Å²) in [6, 6.07) is 5.63. The molecule has 0 radical (unpaired) electrons. The Morgan fingerprint density at radius 3 is 2.55 bits per heavy atom. The maximum Gasteiger partial charge on any atom is 0.295 e. The summed E-state index contributed by atoms with van der Waals surface area (Å²) < 4.78 is 45.5. The average molecular weight is 467 g/mol. The summed E-state index contributed by atoms with van der Waals surface area (Å²) in [5.41, 5.74) is 0.105. The summed E-state index contributed by atoms with van der Waals surface area (Å²) in [5.74, 6) is -1.29. The van der Waals surface area contributed by atoms with Crippen LogP contribution in [0.2, 0.25) is 0 Å². The van der Waals surface area contributed by atoms with Crippen LogP contribution in [0, 0.1) is 28.5 Å². The Morgan fingerprint density at radius 1 is 1.23 bits per heavy atom. The van der Waals surface area contributed by atoms with E-state index in [9.17, 15) is 17.6 Å². The van der Waals surface area contributed by atoms with Crippen molar-refractivity contribution in [3.63, 3.8) is 0 Å². The highest BCUT2D eigenvalue weighted by atomic mass is 32.2. The van der Waals surface area contributed by atoms with Gasteiger partial charge in [0.2, 0.25) is 15.9 Å². The van der Waals surface area contributed by atoms with Crippen LogP contribution in [0.5, 0.6) is 0 Å². The van der Waals surface area contributed by atoms with Crippen LogP contribution in [0.4, 0.5) is 4.39 Å². The molecule has 2 heterocycles. The highest BCUT2D eigenvalue weighted by Gasteiger charge is 2.32. The van der Waals surface area contributed by atoms with Crippen LogP contribution in [-0.2, 0) is 14.8 Å². The summed E-state index contributed by atoms with van der Waals surface area (Å²) in [6.45, 7) is 4.89. The second-order valence-electron chi connectivity index (χ2n) is 7.64. The van der Waals surface area contributed by atoms with Gasteiger partial charge in [-0.25, -0.2) is 12.8 Å². The number of piperidine rings is 1. The minimum absolute atomic E-state index is 0.0314. The van der Waals surface area contributed by atoms with E-state index in [0.717, 1.165) is 23.8 Å². The number of carbonyl (C=O) groups excluding carboxylic acids is 1. The Labute approximate surface area is 184 Å². The number of nitrogens with zero attached hydrogens (tertiary/aromatic N) is 1. The normalized spacial score (nSPS) is 19.6. The van der Waals surface area contributed by atoms with Crippen molar-refractivity contribution in [2.24, 2.45) is 11.8 Å². The maximum atomic E-state index is 13.2. The fourth-order valence-corrected chi connectivity index (χ4v) is 6.34. The first kappa shape index (κ1) is 23.0. The lowest BCUT2D eigenvalue weighted by Crippen LogP contribution is -2.42. The van der Waals surface area contributed by atoms with E-state index in [1.807, 2.05) is 13.8 Å². The molecular weight excluding hydrogens is 443 g/mol. The summed E-state index contributed by atoms with van der Waals surface area (Å²) in [6.07, 6.45) is 0.968. The first-order chi connectivity index (χ1) is 14.6. The van der Waals surface area contributed by atoms with Gasteiger partial charge < -0.3 is 4.74 Å². The van der Waals surface area contributed by atoms with Gasteiger partial charge in [0.05, 0.1) is 9.77 Å². The average Bonchev–Trinajstić information content (AvgIpc) is 3.18. The summed E-state index contributed by atoms with van der Waals surface area (Å²) in [4.78, 5) is 12.5. The number of hydrogen-bond donors (Lipinski definition) is 3. The zero-order valence-electron chi connectivity index (χ0n) is 17.0. The first-order valence-electron chi connectivity index (χ1n) is 9.57. The van der Waals surface area contributed by atoms with Gasteiger partial charge in [0.15, 0.2) is 0 Å². The lowest BCUT2D eigenvalue weighted by molar-refractivity contribution is 0.0975. The number of amidine groups is 1. The van der Waals surface area contributed by atoms with Crippen LogP contribution in [-0.4, -0.2) is 43.6 Å². The molecule has 1 saturated heterocycles. The van der Waals surface area contributed by atoms with Crippen molar-refractivity contribution in [1.29, 1.82) is 10.8 Å². The van der Waals surface area contributed by atoms with E-state index in [-0.39, 0.29) is 27.2 Å². The molecule has 0 unspecified atom stereocenters. The molecule has 0 saturated carbocycles. The molecular formula is C20H23FN4O4S2. The Balaban J connectivity index is 1.64. The van der Waals surface area contributed by atoms with Gasteiger partial charge in [-0.15, -0.1) is 11.3 Å². The van der Waals surface area contributed by atoms with Crippen LogP contribution in [0.1, 0.15) is 35.5 Å². The molecule has 1 fully saturated rings. The van der Waals surface area contributed by atoms with Gasteiger partial charge in [-0.1, -0.05) is 19.9 Å². The van der Waals surface area contributed by atoms with Crippen LogP contribution in [0.15, 0.2) is 40.6 Å². The molecule has 2 atom stereocenters. The molecule has 0 spiro atoms. The zero-order valence-corrected chi connectivity index (χ0v) is 18.6. The predicted octanol–water partition coefficient (Wildman–Crippen LogP) is 3.26. The molecule has 1 amide bonds. The number of carbonyl (C=O) groups is 1. The van der Waals surface area contributed by atoms with E-state index in [2.05, 4.69) is 5.32 Å². The van der Waals surface area contributed by atoms with Crippen LogP contribution >= 0.6 is 11.3 Å². The van der Waals surface area contributed by atoms with E-state index >= 15 is 0 Å².